The van der Waals surface area contributed by atoms with E-state index in [0.717, 1.165) is 28.6 Å². The van der Waals surface area contributed by atoms with E-state index in [2.05, 4.69) is 32.7 Å². The number of para-hydroxylation sites is 1. The Hall–Kier alpha value is -2.19. The molecular weight excluding hydrogens is 362 g/mol. The van der Waals surface area contributed by atoms with E-state index >= 15 is 0 Å². The van der Waals surface area contributed by atoms with E-state index in [-0.39, 0.29) is 18.1 Å². The quantitative estimate of drug-likeness (QED) is 0.643. The molecular formula is C19H23N5O2S. The van der Waals surface area contributed by atoms with Crippen LogP contribution in [-0.4, -0.2) is 61.6 Å². The van der Waals surface area contributed by atoms with E-state index in [1.165, 1.54) is 11.8 Å². The van der Waals surface area contributed by atoms with Crippen LogP contribution in [0.1, 0.15) is 20.8 Å². The highest BCUT2D eigenvalue weighted by molar-refractivity contribution is 7.99. The minimum Gasteiger partial charge on any atom is -0.372 e. The summed E-state index contributed by atoms with van der Waals surface area (Å²) in [6.45, 7) is 8.14. The number of nitrogens with zero attached hydrogens (tertiary/aromatic N) is 5. The number of fused-ring (bicyclic) bond motifs is 3. The van der Waals surface area contributed by atoms with E-state index < -0.39 is 0 Å². The first-order valence-electron chi connectivity index (χ1n) is 9.24. The van der Waals surface area contributed by atoms with Gasteiger partial charge in [0.2, 0.25) is 11.1 Å². The largest absolute Gasteiger partial charge is 0.372 e. The molecule has 1 aliphatic heterocycles. The van der Waals surface area contributed by atoms with Crippen LogP contribution in [-0.2, 0) is 16.1 Å². The van der Waals surface area contributed by atoms with Crippen molar-refractivity contribution in [2.75, 3.05) is 18.8 Å². The number of carbonyl (C=O) groups is 1. The van der Waals surface area contributed by atoms with Crippen molar-refractivity contribution in [3.8, 4) is 0 Å². The first-order valence-corrected chi connectivity index (χ1v) is 10.2. The Labute approximate surface area is 162 Å². The van der Waals surface area contributed by atoms with Crippen LogP contribution in [0.2, 0.25) is 0 Å². The number of carbonyl (C=O) groups excluding carboxylic acids is 1. The highest BCUT2D eigenvalue weighted by Gasteiger charge is 2.26. The molecule has 2 atom stereocenters. The Bertz CT molecular complexity index is 979. The topological polar surface area (TPSA) is 73.1 Å². The van der Waals surface area contributed by atoms with Crippen molar-refractivity contribution in [3.05, 3.63) is 24.3 Å². The van der Waals surface area contributed by atoms with Crippen LogP contribution in [0.4, 0.5) is 0 Å². The molecule has 1 fully saturated rings. The number of morpholine rings is 1. The molecule has 0 bridgehead atoms. The average molecular weight is 385 g/mol. The summed E-state index contributed by atoms with van der Waals surface area (Å²) in [6.07, 6.45) is 0.134. The number of aromatic nitrogens is 4. The number of amides is 1. The van der Waals surface area contributed by atoms with Crippen molar-refractivity contribution in [1.29, 1.82) is 0 Å². The van der Waals surface area contributed by atoms with Gasteiger partial charge in [0, 0.05) is 25.0 Å². The molecule has 0 aliphatic carbocycles. The summed E-state index contributed by atoms with van der Waals surface area (Å²) in [6, 6.07) is 8.12. The number of benzene rings is 1. The lowest BCUT2D eigenvalue weighted by Gasteiger charge is -2.35. The molecule has 1 saturated heterocycles. The van der Waals surface area contributed by atoms with Gasteiger partial charge >= 0.3 is 0 Å². The molecule has 0 unspecified atom stereocenters. The van der Waals surface area contributed by atoms with Gasteiger partial charge in [0.05, 0.1) is 23.5 Å². The van der Waals surface area contributed by atoms with E-state index in [1.807, 2.05) is 36.9 Å². The zero-order valence-corrected chi connectivity index (χ0v) is 16.6. The predicted octanol–water partition coefficient (Wildman–Crippen LogP) is 2.73. The first-order chi connectivity index (χ1) is 13.1. The van der Waals surface area contributed by atoms with Gasteiger partial charge in [-0.25, -0.2) is 4.98 Å². The standard InChI is InChI=1S/C19H23N5O2S/c1-4-24-15-8-6-5-7-14(15)17-18(24)20-19(22-21-17)27-11-16(25)23-9-12(2)26-13(3)10-23/h5-8,12-13H,4,9-11H2,1-3H3/t12-,13-/m1/s1. The first kappa shape index (κ1) is 18.2. The van der Waals surface area contributed by atoms with Gasteiger partial charge in [-0.1, -0.05) is 30.0 Å². The van der Waals surface area contributed by atoms with Crippen LogP contribution >= 0.6 is 11.8 Å². The minimum absolute atomic E-state index is 0.0669. The van der Waals surface area contributed by atoms with E-state index in [4.69, 9.17) is 4.74 Å². The molecule has 2 aromatic heterocycles. The maximum absolute atomic E-state index is 12.6. The number of aryl methyl sites for hydroxylation is 1. The van der Waals surface area contributed by atoms with Crippen molar-refractivity contribution in [2.24, 2.45) is 0 Å². The number of rotatable bonds is 4. The number of thioether (sulfide) groups is 1. The van der Waals surface area contributed by atoms with Gasteiger partial charge in [-0.2, -0.15) is 0 Å². The van der Waals surface area contributed by atoms with Gasteiger partial charge in [-0.3, -0.25) is 4.79 Å². The summed E-state index contributed by atoms with van der Waals surface area (Å²) >= 11 is 1.34. The highest BCUT2D eigenvalue weighted by Crippen LogP contribution is 2.27. The molecule has 8 heteroatoms. The normalized spacial score (nSPS) is 20.5. The fourth-order valence-corrected chi connectivity index (χ4v) is 4.35. The van der Waals surface area contributed by atoms with Gasteiger partial charge < -0.3 is 14.2 Å². The molecule has 0 spiro atoms. The monoisotopic (exact) mass is 385 g/mol. The Morgan fingerprint density at radius 1 is 1.22 bits per heavy atom. The fraction of sp³-hybridized carbons (Fsp3) is 0.474. The van der Waals surface area contributed by atoms with Gasteiger partial charge in [0.1, 0.15) is 5.52 Å². The zero-order valence-electron chi connectivity index (χ0n) is 15.8. The van der Waals surface area contributed by atoms with Gasteiger partial charge in [-0.15, -0.1) is 10.2 Å². The van der Waals surface area contributed by atoms with E-state index in [9.17, 15) is 4.79 Å². The summed E-state index contributed by atoms with van der Waals surface area (Å²) < 4.78 is 7.83. The highest BCUT2D eigenvalue weighted by atomic mass is 32.2. The van der Waals surface area contributed by atoms with Crippen LogP contribution in [0.5, 0.6) is 0 Å². The van der Waals surface area contributed by atoms with Crippen molar-refractivity contribution in [1.82, 2.24) is 24.6 Å². The smallest absolute Gasteiger partial charge is 0.233 e. The third-order valence-electron chi connectivity index (χ3n) is 4.77. The van der Waals surface area contributed by atoms with E-state index in [1.54, 1.807) is 0 Å². The Morgan fingerprint density at radius 3 is 2.70 bits per heavy atom. The van der Waals surface area contributed by atoms with Crippen LogP contribution in [0, 0.1) is 0 Å². The molecule has 142 valence electrons. The predicted molar refractivity (Wildman–Crippen MR) is 106 cm³/mol. The SMILES string of the molecule is CCn1c2ccccc2c2nnc(SCC(=O)N3C[C@@H](C)O[C@H](C)C3)nc21. The van der Waals surface area contributed by atoms with Gasteiger partial charge in [0.25, 0.3) is 0 Å². The number of ether oxygens (including phenoxy) is 1. The lowest BCUT2D eigenvalue weighted by Crippen LogP contribution is -2.48. The van der Waals surface area contributed by atoms with Gasteiger partial charge in [-0.05, 0) is 26.8 Å². The maximum atomic E-state index is 12.6. The second-order valence-electron chi connectivity index (χ2n) is 6.87. The molecule has 1 amide bonds. The molecule has 0 saturated carbocycles. The Balaban J connectivity index is 1.54. The molecule has 3 aromatic rings. The molecule has 0 radical (unpaired) electrons. The molecule has 4 rings (SSSR count). The minimum atomic E-state index is 0.0669. The molecule has 1 aliphatic rings. The van der Waals surface area contributed by atoms with Crippen LogP contribution in [0.15, 0.2) is 29.4 Å². The van der Waals surface area contributed by atoms with Crippen molar-refractivity contribution >= 4 is 39.7 Å². The Kier molecular flexibility index (Phi) is 5.01. The lowest BCUT2D eigenvalue weighted by molar-refractivity contribution is -0.140. The lowest BCUT2D eigenvalue weighted by atomic mass is 10.2. The summed E-state index contributed by atoms with van der Waals surface area (Å²) in [5.41, 5.74) is 2.72. The van der Waals surface area contributed by atoms with E-state index in [0.29, 0.717) is 24.0 Å². The second-order valence-corrected chi connectivity index (χ2v) is 7.82. The summed E-state index contributed by atoms with van der Waals surface area (Å²) in [4.78, 5) is 19.1. The zero-order chi connectivity index (χ0) is 19.0. The molecule has 27 heavy (non-hydrogen) atoms. The summed E-state index contributed by atoms with van der Waals surface area (Å²) in [5.74, 6) is 0.389. The second kappa shape index (κ2) is 7.44. The van der Waals surface area contributed by atoms with Crippen LogP contribution in [0.25, 0.3) is 22.1 Å². The number of hydrogen-bond donors (Lipinski definition) is 0. The third-order valence-corrected chi connectivity index (χ3v) is 5.59. The molecule has 0 N–H and O–H groups in total. The summed E-state index contributed by atoms with van der Waals surface area (Å²) in [5, 5.41) is 10.2. The van der Waals surface area contributed by atoms with Crippen molar-refractivity contribution < 1.29 is 9.53 Å². The maximum Gasteiger partial charge on any atom is 0.233 e. The molecule has 3 heterocycles. The average Bonchev–Trinajstić information content (AvgIpc) is 2.98. The fourth-order valence-electron chi connectivity index (χ4n) is 3.67. The van der Waals surface area contributed by atoms with Crippen molar-refractivity contribution in [3.63, 3.8) is 0 Å². The summed E-state index contributed by atoms with van der Waals surface area (Å²) in [7, 11) is 0. The third kappa shape index (κ3) is 3.51. The molecule has 7 nitrogen and oxygen atoms in total. The molecule has 1 aromatic carbocycles. The van der Waals surface area contributed by atoms with Crippen LogP contribution in [0.3, 0.4) is 0 Å². The van der Waals surface area contributed by atoms with Gasteiger partial charge in [0.15, 0.2) is 5.65 Å². The number of hydrogen-bond acceptors (Lipinski definition) is 6. The van der Waals surface area contributed by atoms with Crippen molar-refractivity contribution in [2.45, 2.75) is 44.7 Å². The van der Waals surface area contributed by atoms with Crippen LogP contribution < -0.4 is 0 Å². The Morgan fingerprint density at radius 2 is 1.96 bits per heavy atom.